The Kier molecular flexibility index (Phi) is 5.90. The second-order valence-corrected chi connectivity index (χ2v) is 6.51. The number of hydrogen-bond acceptors (Lipinski definition) is 3. The quantitative estimate of drug-likeness (QED) is 0.453. The van der Waals surface area contributed by atoms with Crippen molar-refractivity contribution in [3.05, 3.63) is 76.7 Å². The van der Waals surface area contributed by atoms with E-state index < -0.39 is 12.6 Å². The van der Waals surface area contributed by atoms with Gasteiger partial charge in [0.15, 0.2) is 0 Å². The first-order valence-corrected chi connectivity index (χ1v) is 8.90. The Bertz CT molecular complexity index is 954. The lowest BCUT2D eigenvalue weighted by atomic mass is 10.1. The third-order valence-electron chi connectivity index (χ3n) is 4.27. The molecule has 146 valence electrons. The van der Waals surface area contributed by atoms with Gasteiger partial charge in [0, 0.05) is 17.5 Å². The van der Waals surface area contributed by atoms with Gasteiger partial charge in [-0.15, -0.1) is 0 Å². The van der Waals surface area contributed by atoms with Crippen molar-refractivity contribution in [2.75, 3.05) is 6.61 Å². The molecule has 0 N–H and O–H groups in total. The van der Waals surface area contributed by atoms with Crippen molar-refractivity contribution in [2.45, 2.75) is 32.9 Å². The highest BCUT2D eigenvalue weighted by molar-refractivity contribution is 5.99. The lowest BCUT2D eigenvalue weighted by Gasteiger charge is -2.14. The summed E-state index contributed by atoms with van der Waals surface area (Å²) in [6.45, 7) is 3.85. The molecular weight excluding hydrogens is 367 g/mol. The van der Waals surface area contributed by atoms with E-state index in [1.54, 1.807) is 6.07 Å². The van der Waals surface area contributed by atoms with Crippen LogP contribution in [0, 0.1) is 13.8 Å². The molecule has 1 heterocycles. The van der Waals surface area contributed by atoms with Crippen LogP contribution in [0.1, 0.15) is 35.1 Å². The van der Waals surface area contributed by atoms with Gasteiger partial charge in [-0.3, -0.25) is 0 Å². The molecule has 1 aliphatic heterocycles. The largest absolute Gasteiger partial charge is 0.493 e. The summed E-state index contributed by atoms with van der Waals surface area (Å²) in [6.07, 6.45) is -3.60. The van der Waals surface area contributed by atoms with Crippen LogP contribution in [-0.2, 0) is 4.74 Å². The number of rotatable bonds is 6. The van der Waals surface area contributed by atoms with Crippen LogP contribution in [0.5, 0.6) is 5.75 Å². The molecule has 0 bridgehead atoms. The summed E-state index contributed by atoms with van der Waals surface area (Å²) in [5.74, 6) is 1.06. The van der Waals surface area contributed by atoms with Gasteiger partial charge in [0.2, 0.25) is 5.90 Å². The molecule has 0 saturated heterocycles. The third kappa shape index (κ3) is 5.05. The van der Waals surface area contributed by atoms with Gasteiger partial charge in [0.1, 0.15) is 17.7 Å². The van der Waals surface area contributed by atoms with Crippen molar-refractivity contribution in [2.24, 2.45) is 4.99 Å². The Morgan fingerprint density at radius 1 is 1.07 bits per heavy atom. The first-order valence-electron chi connectivity index (χ1n) is 8.90. The van der Waals surface area contributed by atoms with E-state index >= 15 is 0 Å². The lowest BCUT2D eigenvalue weighted by molar-refractivity contribution is -0.136. The number of aliphatic imine (C=N–C) groups is 1. The summed E-state index contributed by atoms with van der Waals surface area (Å²) in [5.41, 5.74) is 7.20. The monoisotopic (exact) mass is 387 g/mol. The first-order chi connectivity index (χ1) is 13.3. The molecule has 3 nitrogen and oxygen atoms in total. The molecule has 0 fully saturated rings. The van der Waals surface area contributed by atoms with Crippen LogP contribution in [0.15, 0.2) is 59.5 Å². The molecule has 0 radical (unpaired) electrons. The number of nitrogens with zero attached hydrogens (tertiary/aromatic N) is 1. The maximum atomic E-state index is 12.2. The number of ether oxygens (including phenoxy) is 2. The molecule has 0 aromatic heterocycles. The molecule has 0 atom stereocenters. The van der Waals surface area contributed by atoms with Crippen LogP contribution in [0.3, 0.4) is 0 Å². The Morgan fingerprint density at radius 3 is 2.57 bits per heavy atom. The van der Waals surface area contributed by atoms with Crippen molar-refractivity contribution in [3.63, 3.8) is 0 Å². The highest BCUT2D eigenvalue weighted by Gasteiger charge is 2.26. The maximum Gasteiger partial charge on any atom is 0.389 e. The van der Waals surface area contributed by atoms with Gasteiger partial charge in [-0.1, -0.05) is 23.9 Å². The fourth-order valence-electron chi connectivity index (χ4n) is 2.80. The van der Waals surface area contributed by atoms with Crippen LogP contribution in [0.4, 0.5) is 13.2 Å². The highest BCUT2D eigenvalue weighted by Crippen LogP contribution is 2.27. The molecule has 0 saturated carbocycles. The van der Waals surface area contributed by atoms with E-state index in [0.717, 1.165) is 22.3 Å². The predicted molar refractivity (Wildman–Crippen MR) is 102 cm³/mol. The van der Waals surface area contributed by atoms with Crippen molar-refractivity contribution in [3.8, 4) is 5.75 Å². The number of hydrogen-bond donors (Lipinski definition) is 0. The zero-order chi connectivity index (χ0) is 20.1. The summed E-state index contributed by atoms with van der Waals surface area (Å²) < 4.78 is 47.6. The molecule has 0 aliphatic carbocycles. The zero-order valence-corrected chi connectivity index (χ0v) is 15.6. The van der Waals surface area contributed by atoms with Gasteiger partial charge < -0.3 is 9.47 Å². The van der Waals surface area contributed by atoms with E-state index in [9.17, 15) is 13.2 Å². The van der Waals surface area contributed by atoms with Crippen LogP contribution in [-0.4, -0.2) is 18.7 Å². The molecular formula is C22H20F3NO2. The van der Waals surface area contributed by atoms with E-state index in [1.165, 1.54) is 6.26 Å². The average molecular weight is 387 g/mol. The van der Waals surface area contributed by atoms with Gasteiger partial charge in [0.05, 0.1) is 6.61 Å². The van der Waals surface area contributed by atoms with Crippen LogP contribution >= 0.6 is 0 Å². The summed E-state index contributed by atoms with van der Waals surface area (Å²) in [7, 11) is 0. The van der Waals surface area contributed by atoms with E-state index in [1.807, 2.05) is 50.2 Å². The van der Waals surface area contributed by atoms with Crippen molar-refractivity contribution >= 4 is 11.6 Å². The average Bonchev–Trinajstić information content (AvgIpc) is 2.66. The Morgan fingerprint density at radius 2 is 1.86 bits per heavy atom. The zero-order valence-electron chi connectivity index (χ0n) is 15.6. The molecule has 2 aromatic rings. The minimum absolute atomic E-state index is 0.0196. The molecule has 1 aliphatic rings. The minimum Gasteiger partial charge on any atom is -0.493 e. The molecule has 3 rings (SSSR count). The third-order valence-corrected chi connectivity index (χ3v) is 4.27. The number of aryl methyl sites for hydroxylation is 2. The van der Waals surface area contributed by atoms with Gasteiger partial charge >= 0.3 is 6.18 Å². The normalized spacial score (nSPS) is 13.6. The molecule has 6 heteroatoms. The van der Waals surface area contributed by atoms with Gasteiger partial charge in [-0.2, -0.15) is 13.2 Å². The first kappa shape index (κ1) is 19.8. The fraction of sp³-hybridized carbons (Fsp3) is 0.273. The summed E-state index contributed by atoms with van der Waals surface area (Å²) in [5, 5.41) is 0. The van der Waals surface area contributed by atoms with Gasteiger partial charge in [-0.05, 0) is 55.7 Å². The topological polar surface area (TPSA) is 30.8 Å². The standard InChI is InChI=1S/C22H20F3NO2/c1-15-6-3-4-7-18(15)21-26-19(10-13-28-21)17-8-9-20(16(2)14-17)27-12-5-11-22(23,24)25/h3-4,6-9,13-14H,5,11-12H2,1-2H3. The molecule has 2 aromatic carbocycles. The van der Waals surface area contributed by atoms with Crippen LogP contribution in [0.25, 0.3) is 5.70 Å². The smallest absolute Gasteiger partial charge is 0.389 e. The van der Waals surface area contributed by atoms with Crippen LogP contribution in [0.2, 0.25) is 0 Å². The highest BCUT2D eigenvalue weighted by atomic mass is 19.4. The number of benzene rings is 2. The Hall–Kier alpha value is -2.98. The second-order valence-electron chi connectivity index (χ2n) is 6.51. The fourth-order valence-corrected chi connectivity index (χ4v) is 2.80. The Labute approximate surface area is 161 Å². The molecule has 0 amide bonds. The van der Waals surface area contributed by atoms with Crippen molar-refractivity contribution in [1.29, 1.82) is 0 Å². The Balaban J connectivity index is 1.73. The van der Waals surface area contributed by atoms with Crippen LogP contribution < -0.4 is 4.74 Å². The van der Waals surface area contributed by atoms with Crippen molar-refractivity contribution < 1.29 is 22.6 Å². The van der Waals surface area contributed by atoms with Crippen molar-refractivity contribution in [1.82, 2.24) is 0 Å². The van der Waals surface area contributed by atoms with E-state index in [4.69, 9.17) is 9.47 Å². The molecule has 0 unspecified atom stereocenters. The predicted octanol–water partition coefficient (Wildman–Crippen LogP) is 5.96. The van der Waals surface area contributed by atoms with E-state index in [-0.39, 0.29) is 13.0 Å². The lowest BCUT2D eigenvalue weighted by Crippen LogP contribution is -2.10. The SMILES string of the molecule is Cc1cc(C2=C=COC(c3ccccc3C)=N2)ccc1OCCCC(F)(F)F. The van der Waals surface area contributed by atoms with E-state index in [0.29, 0.717) is 17.3 Å². The molecule has 28 heavy (non-hydrogen) atoms. The number of halogens is 3. The number of alkyl halides is 3. The van der Waals surface area contributed by atoms with Gasteiger partial charge in [0.25, 0.3) is 0 Å². The minimum atomic E-state index is -4.16. The molecule has 0 spiro atoms. The second kappa shape index (κ2) is 8.36. The van der Waals surface area contributed by atoms with Gasteiger partial charge in [-0.25, -0.2) is 4.99 Å². The summed E-state index contributed by atoms with van der Waals surface area (Å²) in [6, 6.07) is 13.2. The summed E-state index contributed by atoms with van der Waals surface area (Å²) in [4.78, 5) is 4.56. The van der Waals surface area contributed by atoms with E-state index in [2.05, 4.69) is 10.7 Å². The maximum absolute atomic E-state index is 12.2. The summed E-state index contributed by atoms with van der Waals surface area (Å²) >= 11 is 0.